The SMILES string of the molecule is CCCCN(Cc1ccc(F)cc1F)Cc1c(-c2ccccc2)nc(-c2ccccc2)n1CCC. The van der Waals surface area contributed by atoms with E-state index in [1.807, 2.05) is 36.4 Å². The van der Waals surface area contributed by atoms with Crippen LogP contribution < -0.4 is 0 Å². The summed E-state index contributed by atoms with van der Waals surface area (Å²) in [4.78, 5) is 7.41. The van der Waals surface area contributed by atoms with Crippen molar-refractivity contribution >= 4 is 0 Å². The average molecular weight is 474 g/mol. The number of aromatic nitrogens is 2. The van der Waals surface area contributed by atoms with Crippen LogP contribution >= 0.6 is 0 Å². The van der Waals surface area contributed by atoms with Crippen molar-refractivity contribution in [1.29, 1.82) is 0 Å². The Morgan fingerprint density at radius 1 is 0.800 bits per heavy atom. The molecule has 3 nitrogen and oxygen atoms in total. The maximum absolute atomic E-state index is 14.6. The topological polar surface area (TPSA) is 21.1 Å². The van der Waals surface area contributed by atoms with Crippen LogP contribution in [0.5, 0.6) is 0 Å². The van der Waals surface area contributed by atoms with Crippen molar-refractivity contribution in [3.8, 4) is 22.6 Å². The van der Waals surface area contributed by atoms with Gasteiger partial charge in [0.05, 0.1) is 11.4 Å². The lowest BCUT2D eigenvalue weighted by Gasteiger charge is -2.24. The first-order chi connectivity index (χ1) is 17.1. The molecule has 0 fully saturated rings. The summed E-state index contributed by atoms with van der Waals surface area (Å²) < 4.78 is 30.4. The summed E-state index contributed by atoms with van der Waals surface area (Å²) in [6, 6.07) is 24.4. The molecule has 35 heavy (non-hydrogen) atoms. The molecule has 3 aromatic carbocycles. The first-order valence-electron chi connectivity index (χ1n) is 12.5. The zero-order valence-electron chi connectivity index (χ0n) is 20.6. The number of imidazole rings is 1. The molecule has 0 bridgehead atoms. The molecule has 0 atom stereocenters. The number of hydrogen-bond donors (Lipinski definition) is 0. The second-order valence-electron chi connectivity index (χ2n) is 8.91. The maximum atomic E-state index is 14.6. The van der Waals surface area contributed by atoms with Crippen molar-refractivity contribution in [2.45, 2.75) is 52.7 Å². The van der Waals surface area contributed by atoms with Gasteiger partial charge >= 0.3 is 0 Å². The molecule has 4 rings (SSSR count). The quantitative estimate of drug-likeness (QED) is 0.222. The van der Waals surface area contributed by atoms with E-state index in [4.69, 9.17) is 4.98 Å². The van der Waals surface area contributed by atoms with Crippen LogP contribution in [0.1, 0.15) is 44.4 Å². The van der Waals surface area contributed by atoms with E-state index in [1.54, 1.807) is 6.07 Å². The summed E-state index contributed by atoms with van der Waals surface area (Å²) in [6.45, 7) is 7.02. The van der Waals surface area contributed by atoms with Crippen molar-refractivity contribution in [3.05, 3.63) is 102 Å². The maximum Gasteiger partial charge on any atom is 0.140 e. The first-order valence-corrected chi connectivity index (χ1v) is 12.5. The summed E-state index contributed by atoms with van der Waals surface area (Å²) in [5, 5.41) is 0. The smallest absolute Gasteiger partial charge is 0.140 e. The van der Waals surface area contributed by atoms with E-state index in [1.165, 1.54) is 6.07 Å². The second-order valence-corrected chi connectivity index (χ2v) is 8.91. The van der Waals surface area contributed by atoms with Crippen molar-refractivity contribution in [1.82, 2.24) is 14.5 Å². The van der Waals surface area contributed by atoms with Crippen LogP contribution in [0.3, 0.4) is 0 Å². The Morgan fingerprint density at radius 2 is 1.49 bits per heavy atom. The number of nitrogens with zero attached hydrogens (tertiary/aromatic N) is 3. The molecule has 0 radical (unpaired) electrons. The molecule has 0 amide bonds. The van der Waals surface area contributed by atoms with E-state index in [-0.39, 0.29) is 0 Å². The van der Waals surface area contributed by atoms with E-state index >= 15 is 0 Å². The summed E-state index contributed by atoms with van der Waals surface area (Å²) in [7, 11) is 0. The van der Waals surface area contributed by atoms with Gasteiger partial charge in [0.15, 0.2) is 0 Å². The Morgan fingerprint density at radius 3 is 2.11 bits per heavy atom. The third-order valence-corrected chi connectivity index (χ3v) is 6.21. The first kappa shape index (κ1) is 24.8. The molecule has 182 valence electrons. The molecule has 0 aliphatic heterocycles. The number of hydrogen-bond acceptors (Lipinski definition) is 2. The lowest BCUT2D eigenvalue weighted by Crippen LogP contribution is -2.26. The fourth-order valence-electron chi connectivity index (χ4n) is 4.44. The summed E-state index contributed by atoms with van der Waals surface area (Å²) in [5.74, 6) is -0.0993. The van der Waals surface area contributed by atoms with Gasteiger partial charge in [-0.25, -0.2) is 13.8 Å². The zero-order valence-corrected chi connectivity index (χ0v) is 20.6. The Bertz CT molecular complexity index is 1220. The molecule has 1 aromatic heterocycles. The van der Waals surface area contributed by atoms with E-state index < -0.39 is 11.6 Å². The Balaban J connectivity index is 1.79. The minimum Gasteiger partial charge on any atom is -0.326 e. The zero-order chi connectivity index (χ0) is 24.6. The van der Waals surface area contributed by atoms with Crippen molar-refractivity contribution < 1.29 is 8.78 Å². The fraction of sp³-hybridized carbons (Fsp3) is 0.300. The minimum atomic E-state index is -0.550. The summed E-state index contributed by atoms with van der Waals surface area (Å²) in [5.41, 5.74) is 4.73. The average Bonchev–Trinajstić information content (AvgIpc) is 3.23. The van der Waals surface area contributed by atoms with E-state index in [9.17, 15) is 8.78 Å². The lowest BCUT2D eigenvalue weighted by molar-refractivity contribution is 0.243. The van der Waals surface area contributed by atoms with Crippen LogP contribution in [-0.4, -0.2) is 21.0 Å². The highest BCUT2D eigenvalue weighted by atomic mass is 19.1. The van der Waals surface area contributed by atoms with Crippen LogP contribution in [0.25, 0.3) is 22.6 Å². The molecule has 1 heterocycles. The van der Waals surface area contributed by atoms with Crippen LogP contribution in [0.15, 0.2) is 78.9 Å². The molecule has 4 aromatic rings. The predicted molar refractivity (Wildman–Crippen MR) is 139 cm³/mol. The number of halogens is 2. The molecule has 0 saturated carbocycles. The normalized spacial score (nSPS) is 11.3. The molecule has 0 spiro atoms. The van der Waals surface area contributed by atoms with Gasteiger partial charge in [-0.1, -0.05) is 87.0 Å². The molecular weight excluding hydrogens is 440 g/mol. The highest BCUT2D eigenvalue weighted by molar-refractivity contribution is 5.68. The van der Waals surface area contributed by atoms with Crippen molar-refractivity contribution in [3.63, 3.8) is 0 Å². The number of rotatable bonds is 11. The molecular formula is C30H33F2N3. The summed E-state index contributed by atoms with van der Waals surface area (Å²) in [6.07, 6.45) is 3.01. The molecule has 0 N–H and O–H groups in total. The van der Waals surface area contributed by atoms with Gasteiger partial charge in [-0.3, -0.25) is 4.90 Å². The van der Waals surface area contributed by atoms with Gasteiger partial charge in [0.25, 0.3) is 0 Å². The third-order valence-electron chi connectivity index (χ3n) is 6.21. The third kappa shape index (κ3) is 6.04. The Kier molecular flexibility index (Phi) is 8.43. The van der Waals surface area contributed by atoms with E-state index in [0.717, 1.165) is 66.8 Å². The monoisotopic (exact) mass is 473 g/mol. The largest absolute Gasteiger partial charge is 0.326 e. The second kappa shape index (κ2) is 11.9. The van der Waals surface area contributed by atoms with Gasteiger partial charge in [0.1, 0.15) is 17.5 Å². The Labute approximate surface area is 207 Å². The van der Waals surface area contributed by atoms with Gasteiger partial charge in [-0.15, -0.1) is 0 Å². The standard InChI is InChI=1S/C30H33F2N3/c1-3-5-19-34(21-25-16-17-26(31)20-27(25)32)22-28-29(23-12-8-6-9-13-23)33-30(35(28)18-4-2)24-14-10-7-11-15-24/h6-17,20H,3-5,18-19,21-22H2,1-2H3. The molecule has 5 heteroatoms. The predicted octanol–water partition coefficient (Wildman–Crippen LogP) is 7.71. The summed E-state index contributed by atoms with van der Waals surface area (Å²) >= 11 is 0. The number of unbranched alkanes of at least 4 members (excludes halogenated alkanes) is 1. The van der Waals surface area contributed by atoms with E-state index in [2.05, 4.69) is 47.6 Å². The van der Waals surface area contributed by atoms with Crippen LogP contribution in [0, 0.1) is 11.6 Å². The van der Waals surface area contributed by atoms with Crippen LogP contribution in [0.4, 0.5) is 8.78 Å². The van der Waals surface area contributed by atoms with E-state index in [0.29, 0.717) is 18.7 Å². The lowest BCUT2D eigenvalue weighted by atomic mass is 10.1. The molecule has 0 aliphatic carbocycles. The highest BCUT2D eigenvalue weighted by Crippen LogP contribution is 2.31. The van der Waals surface area contributed by atoms with Gasteiger partial charge in [0, 0.05) is 42.4 Å². The molecule has 0 aliphatic rings. The van der Waals surface area contributed by atoms with Crippen molar-refractivity contribution in [2.75, 3.05) is 6.54 Å². The van der Waals surface area contributed by atoms with Gasteiger partial charge in [0.2, 0.25) is 0 Å². The minimum absolute atomic E-state index is 0.415. The van der Waals surface area contributed by atoms with Crippen LogP contribution in [-0.2, 0) is 19.6 Å². The highest BCUT2D eigenvalue weighted by Gasteiger charge is 2.22. The van der Waals surface area contributed by atoms with Gasteiger partial charge in [-0.2, -0.15) is 0 Å². The fourth-order valence-corrected chi connectivity index (χ4v) is 4.44. The Hall–Kier alpha value is -3.31. The van der Waals surface area contributed by atoms with Gasteiger partial charge in [-0.05, 0) is 25.5 Å². The molecule has 0 unspecified atom stereocenters. The van der Waals surface area contributed by atoms with Gasteiger partial charge < -0.3 is 4.57 Å². The van der Waals surface area contributed by atoms with Crippen molar-refractivity contribution in [2.24, 2.45) is 0 Å². The van der Waals surface area contributed by atoms with Crippen LogP contribution in [0.2, 0.25) is 0 Å². The molecule has 0 saturated heterocycles. The number of benzene rings is 3.